The molecule has 0 unspecified atom stereocenters. The molecular weight excluding hydrogens is 226 g/mol. The maximum absolute atomic E-state index is 11.5. The summed E-state index contributed by atoms with van der Waals surface area (Å²) < 4.78 is 27.4. The topological polar surface area (TPSA) is 64.0 Å². The molecule has 0 saturated carbocycles. The molecule has 0 bridgehead atoms. The van der Waals surface area contributed by atoms with Gasteiger partial charge in [0.25, 0.3) is 0 Å². The summed E-state index contributed by atoms with van der Waals surface area (Å²) in [5, 5.41) is 4.06. The fraction of sp³-hybridized carbons (Fsp3) is 0.700. The van der Waals surface area contributed by atoms with Crippen molar-refractivity contribution >= 4 is 10.0 Å². The van der Waals surface area contributed by atoms with E-state index in [0.717, 1.165) is 17.7 Å². The minimum Gasteiger partial charge on any atom is -0.273 e. The molecule has 0 saturated heterocycles. The third-order valence-corrected chi connectivity index (χ3v) is 4.00. The first-order chi connectivity index (χ1) is 7.46. The number of sulfonamides is 1. The molecular formula is C10H19N3O2S. The molecule has 1 rings (SSSR count). The van der Waals surface area contributed by atoms with Gasteiger partial charge in [-0.15, -0.1) is 0 Å². The number of aromatic nitrogens is 2. The molecule has 0 atom stereocenters. The first-order valence-electron chi connectivity index (χ1n) is 5.41. The summed E-state index contributed by atoms with van der Waals surface area (Å²) in [7, 11) is -1.30. The van der Waals surface area contributed by atoms with E-state index < -0.39 is 10.0 Å². The van der Waals surface area contributed by atoms with Crippen molar-refractivity contribution in [2.24, 2.45) is 7.05 Å². The summed E-state index contributed by atoms with van der Waals surface area (Å²) in [6.07, 6.45) is 3.27. The van der Waals surface area contributed by atoms with Gasteiger partial charge in [-0.1, -0.05) is 13.3 Å². The Bertz CT molecular complexity index is 437. The molecule has 92 valence electrons. The fourth-order valence-electron chi connectivity index (χ4n) is 1.31. The molecule has 0 aliphatic heterocycles. The lowest BCUT2D eigenvalue weighted by molar-refractivity contribution is 0.577. The second-order valence-electron chi connectivity index (χ2n) is 3.87. The molecule has 1 aromatic heterocycles. The Morgan fingerprint density at radius 3 is 2.69 bits per heavy atom. The van der Waals surface area contributed by atoms with Gasteiger partial charge in [0.2, 0.25) is 10.0 Å². The van der Waals surface area contributed by atoms with Crippen LogP contribution in [0.4, 0.5) is 0 Å². The monoisotopic (exact) mass is 245 g/mol. The van der Waals surface area contributed by atoms with E-state index in [-0.39, 0.29) is 5.75 Å². The molecule has 0 aliphatic rings. The lowest BCUT2D eigenvalue weighted by Gasteiger charge is -2.05. The molecule has 0 aromatic carbocycles. The number of hydrogen-bond donors (Lipinski definition) is 1. The zero-order chi connectivity index (χ0) is 12.2. The van der Waals surface area contributed by atoms with Crippen molar-refractivity contribution < 1.29 is 8.42 Å². The number of hydrogen-bond acceptors (Lipinski definition) is 3. The van der Waals surface area contributed by atoms with Crippen molar-refractivity contribution in [2.75, 3.05) is 5.75 Å². The molecule has 0 fully saturated rings. The van der Waals surface area contributed by atoms with Crippen molar-refractivity contribution in [1.29, 1.82) is 0 Å². The van der Waals surface area contributed by atoms with Crippen molar-refractivity contribution in [2.45, 2.75) is 33.2 Å². The normalized spacial score (nSPS) is 11.9. The van der Waals surface area contributed by atoms with E-state index in [9.17, 15) is 8.42 Å². The molecule has 1 aromatic rings. The van der Waals surface area contributed by atoms with Crippen LogP contribution in [0, 0.1) is 6.92 Å². The van der Waals surface area contributed by atoms with Crippen molar-refractivity contribution in [1.82, 2.24) is 14.5 Å². The van der Waals surface area contributed by atoms with Gasteiger partial charge in [0.15, 0.2) is 0 Å². The smallest absolute Gasteiger partial charge is 0.211 e. The Kier molecular flexibility index (Phi) is 4.49. The largest absolute Gasteiger partial charge is 0.273 e. The third kappa shape index (κ3) is 3.61. The highest BCUT2D eigenvalue weighted by Crippen LogP contribution is 2.05. The maximum Gasteiger partial charge on any atom is 0.211 e. The van der Waals surface area contributed by atoms with Crippen LogP contribution in [-0.4, -0.2) is 24.0 Å². The predicted molar refractivity (Wildman–Crippen MR) is 63.5 cm³/mol. The van der Waals surface area contributed by atoms with Gasteiger partial charge in [-0.3, -0.25) is 4.68 Å². The summed E-state index contributed by atoms with van der Waals surface area (Å²) >= 11 is 0. The van der Waals surface area contributed by atoms with E-state index in [1.165, 1.54) is 0 Å². The summed E-state index contributed by atoms with van der Waals surface area (Å²) in [6, 6.07) is 0. The highest BCUT2D eigenvalue weighted by Gasteiger charge is 2.11. The van der Waals surface area contributed by atoms with Gasteiger partial charge in [0.05, 0.1) is 11.9 Å². The SMILES string of the molecule is CCCCS(=O)(=O)NCc1cnn(C)c1C. The molecule has 6 heteroatoms. The Morgan fingerprint density at radius 1 is 1.50 bits per heavy atom. The van der Waals surface area contributed by atoms with Gasteiger partial charge < -0.3 is 0 Å². The highest BCUT2D eigenvalue weighted by atomic mass is 32.2. The first-order valence-corrected chi connectivity index (χ1v) is 7.06. The standard InChI is InChI=1S/C10H19N3O2S/c1-4-5-6-16(14,15)12-8-10-7-11-13(3)9(10)2/h7,12H,4-6,8H2,1-3H3. The molecule has 1 heterocycles. The zero-order valence-corrected chi connectivity index (χ0v) is 10.8. The van der Waals surface area contributed by atoms with Gasteiger partial charge in [-0.05, 0) is 13.3 Å². The summed E-state index contributed by atoms with van der Waals surface area (Å²) in [4.78, 5) is 0. The fourth-order valence-corrected chi connectivity index (χ4v) is 2.50. The summed E-state index contributed by atoms with van der Waals surface area (Å²) in [5.41, 5.74) is 1.90. The van der Waals surface area contributed by atoms with Crippen LogP contribution in [0.2, 0.25) is 0 Å². The van der Waals surface area contributed by atoms with Gasteiger partial charge in [0.1, 0.15) is 0 Å². The van der Waals surface area contributed by atoms with Crippen LogP contribution in [0.15, 0.2) is 6.20 Å². The Balaban J connectivity index is 2.54. The van der Waals surface area contributed by atoms with Crippen molar-refractivity contribution in [3.63, 3.8) is 0 Å². The van der Waals surface area contributed by atoms with E-state index in [4.69, 9.17) is 0 Å². The molecule has 0 radical (unpaired) electrons. The highest BCUT2D eigenvalue weighted by molar-refractivity contribution is 7.89. The van der Waals surface area contributed by atoms with Crippen LogP contribution in [0.25, 0.3) is 0 Å². The van der Waals surface area contributed by atoms with Crippen LogP contribution < -0.4 is 4.72 Å². The Hall–Kier alpha value is -0.880. The number of unbranched alkanes of at least 4 members (excludes halogenated alkanes) is 1. The van der Waals surface area contributed by atoms with Crippen LogP contribution in [-0.2, 0) is 23.6 Å². The molecule has 0 amide bonds. The average Bonchev–Trinajstić information content (AvgIpc) is 2.55. The number of nitrogens with zero attached hydrogens (tertiary/aromatic N) is 2. The number of aryl methyl sites for hydroxylation is 1. The molecule has 1 N–H and O–H groups in total. The zero-order valence-electron chi connectivity index (χ0n) is 10.0. The first kappa shape index (κ1) is 13.2. The Morgan fingerprint density at radius 2 is 2.19 bits per heavy atom. The van der Waals surface area contributed by atoms with E-state index in [1.54, 1.807) is 10.9 Å². The third-order valence-electron chi connectivity index (χ3n) is 2.59. The second-order valence-corrected chi connectivity index (χ2v) is 5.80. The van der Waals surface area contributed by atoms with Crippen LogP contribution in [0.3, 0.4) is 0 Å². The molecule has 0 spiro atoms. The van der Waals surface area contributed by atoms with E-state index in [2.05, 4.69) is 9.82 Å². The van der Waals surface area contributed by atoms with Crippen molar-refractivity contribution in [3.8, 4) is 0 Å². The van der Waals surface area contributed by atoms with Gasteiger partial charge in [-0.2, -0.15) is 5.10 Å². The Labute approximate surface area is 96.9 Å². The maximum atomic E-state index is 11.5. The van der Waals surface area contributed by atoms with Crippen LogP contribution >= 0.6 is 0 Å². The number of rotatable bonds is 6. The van der Waals surface area contributed by atoms with Crippen molar-refractivity contribution in [3.05, 3.63) is 17.5 Å². The van der Waals surface area contributed by atoms with E-state index in [0.29, 0.717) is 13.0 Å². The molecule has 5 nitrogen and oxygen atoms in total. The van der Waals surface area contributed by atoms with Gasteiger partial charge in [-0.25, -0.2) is 13.1 Å². The average molecular weight is 245 g/mol. The molecule has 16 heavy (non-hydrogen) atoms. The van der Waals surface area contributed by atoms with Crippen LogP contribution in [0.1, 0.15) is 31.0 Å². The second kappa shape index (κ2) is 5.45. The number of nitrogens with one attached hydrogen (secondary N) is 1. The van der Waals surface area contributed by atoms with E-state index >= 15 is 0 Å². The minimum absolute atomic E-state index is 0.197. The lowest BCUT2D eigenvalue weighted by atomic mass is 10.3. The minimum atomic E-state index is -3.14. The summed E-state index contributed by atoms with van der Waals surface area (Å²) in [5.74, 6) is 0.197. The molecule has 0 aliphatic carbocycles. The van der Waals surface area contributed by atoms with Crippen LogP contribution in [0.5, 0.6) is 0 Å². The summed E-state index contributed by atoms with van der Waals surface area (Å²) in [6.45, 7) is 4.22. The van der Waals surface area contributed by atoms with E-state index in [1.807, 2.05) is 20.9 Å². The van der Waals surface area contributed by atoms with Gasteiger partial charge >= 0.3 is 0 Å². The lowest BCUT2D eigenvalue weighted by Crippen LogP contribution is -2.26. The van der Waals surface area contributed by atoms with Gasteiger partial charge in [0, 0.05) is 24.8 Å². The predicted octanol–water partition coefficient (Wildman–Crippen LogP) is 0.948. The quantitative estimate of drug-likeness (QED) is 0.811.